The van der Waals surface area contributed by atoms with Crippen LogP contribution in [0, 0.1) is 6.92 Å². The number of amides is 2. The molecule has 0 fully saturated rings. The topological polar surface area (TPSA) is 118 Å². The lowest BCUT2D eigenvalue weighted by Crippen LogP contribution is -2.13. The van der Waals surface area contributed by atoms with E-state index in [0.717, 1.165) is 16.6 Å². The summed E-state index contributed by atoms with van der Waals surface area (Å²) in [5.74, 6) is 0.506. The van der Waals surface area contributed by atoms with Crippen molar-refractivity contribution >= 4 is 68.9 Å². The summed E-state index contributed by atoms with van der Waals surface area (Å²) in [5, 5.41) is 5.48. The molecule has 4 aromatic rings. The third-order valence-electron chi connectivity index (χ3n) is 5.33. The van der Waals surface area contributed by atoms with E-state index in [4.69, 9.17) is 28.9 Å². The molecule has 2 aromatic carbocycles. The van der Waals surface area contributed by atoms with Crippen LogP contribution in [0.4, 0.5) is 16.4 Å². The van der Waals surface area contributed by atoms with E-state index in [-0.39, 0.29) is 5.56 Å². The molecule has 0 spiro atoms. The van der Waals surface area contributed by atoms with Gasteiger partial charge in [-0.05, 0) is 48.9 Å². The SMILES string of the molecule is Cc1c(CCC=NC(N)=O)[nH]c(=O)c2c1ccc1nc(Nc3c(Cl)cccc3Cl)n(C)c12. The van der Waals surface area contributed by atoms with Gasteiger partial charge in [0.1, 0.15) is 0 Å². The molecule has 0 unspecified atom stereocenters. The van der Waals surface area contributed by atoms with Gasteiger partial charge in [-0.25, -0.2) is 14.8 Å². The number of primary amides is 1. The van der Waals surface area contributed by atoms with Crippen LogP contribution in [0.3, 0.4) is 0 Å². The van der Waals surface area contributed by atoms with Crippen molar-refractivity contribution in [2.24, 2.45) is 17.8 Å². The van der Waals surface area contributed by atoms with E-state index in [1.807, 2.05) is 30.7 Å². The van der Waals surface area contributed by atoms with E-state index >= 15 is 0 Å². The van der Waals surface area contributed by atoms with E-state index in [2.05, 4.69) is 20.3 Å². The zero-order valence-electron chi connectivity index (χ0n) is 17.4. The summed E-state index contributed by atoms with van der Waals surface area (Å²) in [6.45, 7) is 1.95. The molecule has 2 heterocycles. The third-order valence-corrected chi connectivity index (χ3v) is 5.96. The number of aromatic amines is 1. The fraction of sp³-hybridized carbons (Fsp3) is 0.182. The van der Waals surface area contributed by atoms with Crippen LogP contribution in [-0.2, 0) is 13.5 Å². The fourth-order valence-corrected chi connectivity index (χ4v) is 4.25. The highest BCUT2D eigenvalue weighted by atomic mass is 35.5. The highest BCUT2D eigenvalue weighted by Gasteiger charge is 2.17. The lowest BCUT2D eigenvalue weighted by molar-refractivity contribution is 0.257. The Hall–Kier alpha value is -3.36. The molecule has 0 aliphatic carbocycles. The van der Waals surface area contributed by atoms with Gasteiger partial charge in [-0.3, -0.25) is 4.79 Å². The van der Waals surface area contributed by atoms with Crippen molar-refractivity contribution in [1.29, 1.82) is 0 Å². The molecule has 164 valence electrons. The van der Waals surface area contributed by atoms with Crippen molar-refractivity contribution in [2.75, 3.05) is 5.32 Å². The third kappa shape index (κ3) is 3.94. The van der Waals surface area contributed by atoms with Crippen LogP contribution in [0.5, 0.6) is 0 Å². The number of carbonyl (C=O) groups is 1. The normalized spacial score (nSPS) is 11.6. The second-order valence-electron chi connectivity index (χ2n) is 7.32. The van der Waals surface area contributed by atoms with Gasteiger partial charge >= 0.3 is 6.03 Å². The molecule has 0 aliphatic heterocycles. The van der Waals surface area contributed by atoms with Gasteiger partial charge < -0.3 is 20.6 Å². The molecule has 8 nitrogen and oxygen atoms in total. The Bertz CT molecular complexity index is 1430. The van der Waals surface area contributed by atoms with E-state index in [1.165, 1.54) is 6.21 Å². The van der Waals surface area contributed by atoms with Crippen LogP contribution in [-0.4, -0.2) is 26.8 Å². The van der Waals surface area contributed by atoms with Crippen LogP contribution in [0.25, 0.3) is 21.8 Å². The van der Waals surface area contributed by atoms with Crippen molar-refractivity contribution in [1.82, 2.24) is 14.5 Å². The van der Waals surface area contributed by atoms with Gasteiger partial charge in [-0.1, -0.05) is 35.3 Å². The van der Waals surface area contributed by atoms with E-state index in [9.17, 15) is 9.59 Å². The van der Waals surface area contributed by atoms with Crippen LogP contribution >= 0.6 is 23.2 Å². The number of H-pyrrole nitrogens is 1. The number of nitrogens with zero attached hydrogens (tertiary/aromatic N) is 3. The average Bonchev–Trinajstić information content (AvgIpc) is 3.06. The zero-order chi connectivity index (χ0) is 23.0. The summed E-state index contributed by atoms with van der Waals surface area (Å²) in [6, 6.07) is 8.26. The lowest BCUT2D eigenvalue weighted by atomic mass is 10.0. The van der Waals surface area contributed by atoms with Crippen molar-refractivity contribution in [3.8, 4) is 0 Å². The van der Waals surface area contributed by atoms with Gasteiger partial charge in [0.2, 0.25) is 5.95 Å². The molecule has 0 bridgehead atoms. The molecule has 2 aromatic heterocycles. The minimum Gasteiger partial charge on any atom is -0.350 e. The maximum atomic E-state index is 13.1. The number of imidazole rings is 1. The maximum absolute atomic E-state index is 13.1. The number of carbonyl (C=O) groups excluding carboxylic acids is 1. The van der Waals surface area contributed by atoms with Crippen LogP contribution < -0.4 is 16.6 Å². The minimum absolute atomic E-state index is 0.219. The van der Waals surface area contributed by atoms with Crippen LogP contribution in [0.2, 0.25) is 10.0 Å². The number of para-hydroxylation sites is 1. The number of anilines is 2. The molecule has 4 rings (SSSR count). The van der Waals surface area contributed by atoms with Crippen molar-refractivity contribution in [3.63, 3.8) is 0 Å². The summed E-state index contributed by atoms with van der Waals surface area (Å²) < 4.78 is 1.81. The first-order valence-electron chi connectivity index (χ1n) is 9.81. The second kappa shape index (κ2) is 8.64. The second-order valence-corrected chi connectivity index (χ2v) is 8.13. The molecular formula is C22H20Cl2N6O2. The maximum Gasteiger partial charge on any atom is 0.337 e. The van der Waals surface area contributed by atoms with Gasteiger partial charge in [-0.2, -0.15) is 0 Å². The monoisotopic (exact) mass is 470 g/mol. The molecule has 10 heteroatoms. The highest BCUT2D eigenvalue weighted by molar-refractivity contribution is 6.39. The first kappa shape index (κ1) is 21.9. The number of urea groups is 1. The average molecular weight is 471 g/mol. The molecule has 0 atom stereocenters. The minimum atomic E-state index is -0.741. The zero-order valence-corrected chi connectivity index (χ0v) is 18.9. The summed E-state index contributed by atoms with van der Waals surface area (Å²) >= 11 is 12.6. The number of nitrogens with two attached hydrogens (primary N) is 1. The van der Waals surface area contributed by atoms with Crippen molar-refractivity contribution in [2.45, 2.75) is 19.8 Å². The standard InChI is InChI=1S/C22H20Cl2N6O2/c1-11-12-8-9-16-19(17(12)20(31)27-15(11)7-4-10-26-21(25)32)30(2)22(28-16)29-18-13(23)5-3-6-14(18)24/h3,5-6,8-10H,4,7H2,1-2H3,(H2,25,32)(H,27,31)(H,28,29). The largest absolute Gasteiger partial charge is 0.350 e. The van der Waals surface area contributed by atoms with Gasteiger partial charge in [0.25, 0.3) is 5.56 Å². The number of benzene rings is 2. The Morgan fingerprint density at radius 3 is 2.69 bits per heavy atom. The molecule has 4 N–H and O–H groups in total. The first-order valence-corrected chi connectivity index (χ1v) is 10.6. The molecular weight excluding hydrogens is 451 g/mol. The van der Waals surface area contributed by atoms with Gasteiger partial charge in [0.15, 0.2) is 0 Å². The summed E-state index contributed by atoms with van der Waals surface area (Å²) in [4.78, 5) is 35.0. The number of aromatic nitrogens is 3. The van der Waals surface area contributed by atoms with Crippen molar-refractivity contribution < 1.29 is 4.79 Å². The summed E-state index contributed by atoms with van der Waals surface area (Å²) in [7, 11) is 1.82. The molecule has 2 amide bonds. The van der Waals surface area contributed by atoms with Crippen LogP contribution in [0.15, 0.2) is 40.1 Å². The van der Waals surface area contributed by atoms with Gasteiger partial charge in [0, 0.05) is 19.0 Å². The molecule has 0 aliphatic rings. The van der Waals surface area contributed by atoms with Crippen molar-refractivity contribution in [3.05, 3.63) is 62.0 Å². The van der Waals surface area contributed by atoms with Gasteiger partial charge in [0.05, 0.1) is 32.2 Å². The van der Waals surface area contributed by atoms with E-state index < -0.39 is 6.03 Å². The number of hydrogen-bond acceptors (Lipinski definition) is 4. The predicted octanol–water partition coefficient (Wildman–Crippen LogP) is 4.86. The Labute approximate surface area is 193 Å². The van der Waals surface area contributed by atoms with E-state index in [1.54, 1.807) is 18.2 Å². The number of aryl methyl sites for hydroxylation is 3. The Balaban J connectivity index is 1.81. The quantitative estimate of drug-likeness (QED) is 0.361. The lowest BCUT2D eigenvalue weighted by Gasteiger charge is -2.11. The van der Waals surface area contributed by atoms with Gasteiger partial charge in [-0.15, -0.1) is 0 Å². The first-order chi connectivity index (χ1) is 15.3. The number of hydrogen-bond donors (Lipinski definition) is 3. The number of halogens is 2. The smallest absolute Gasteiger partial charge is 0.337 e. The molecule has 0 radical (unpaired) electrons. The molecule has 0 saturated carbocycles. The molecule has 0 saturated heterocycles. The number of rotatable bonds is 5. The Kier molecular flexibility index (Phi) is 5.90. The summed E-state index contributed by atoms with van der Waals surface area (Å²) in [5.41, 5.74) is 8.42. The number of pyridine rings is 1. The summed E-state index contributed by atoms with van der Waals surface area (Å²) in [6.07, 6.45) is 2.45. The van der Waals surface area contributed by atoms with E-state index in [0.29, 0.717) is 50.9 Å². The number of nitrogens with one attached hydrogen (secondary N) is 2. The number of aliphatic imine (C=N–C) groups is 1. The Morgan fingerprint density at radius 2 is 2.00 bits per heavy atom. The number of fused-ring (bicyclic) bond motifs is 3. The predicted molar refractivity (Wildman–Crippen MR) is 130 cm³/mol. The Morgan fingerprint density at radius 1 is 1.28 bits per heavy atom. The highest BCUT2D eigenvalue weighted by Crippen LogP contribution is 2.34. The fourth-order valence-electron chi connectivity index (χ4n) is 3.76. The molecule has 32 heavy (non-hydrogen) atoms. The van der Waals surface area contributed by atoms with Crippen LogP contribution in [0.1, 0.15) is 17.7 Å².